The first kappa shape index (κ1) is 42.8. The van der Waals surface area contributed by atoms with Crippen LogP contribution in [0.25, 0.3) is 0 Å². The Kier molecular flexibility index (Phi) is 34.8. The van der Waals surface area contributed by atoms with E-state index in [0.29, 0.717) is 11.8 Å². The zero-order valence-electron chi connectivity index (χ0n) is 29.0. The summed E-state index contributed by atoms with van der Waals surface area (Å²) in [4.78, 5) is 0. The van der Waals surface area contributed by atoms with E-state index in [1.54, 1.807) is 0 Å². The smallest absolute Gasteiger partial charge is 0.0290 e. The van der Waals surface area contributed by atoms with Gasteiger partial charge in [0, 0.05) is 0 Å². The Morgan fingerprint density at radius 3 is 0.944 bits per heavy atom. The van der Waals surface area contributed by atoms with Crippen molar-refractivity contribution in [3.8, 4) is 0 Å². The van der Waals surface area contributed by atoms with Crippen LogP contribution in [0.1, 0.15) is 169 Å². The molecule has 1 aliphatic rings. The third-order valence-corrected chi connectivity index (χ3v) is 6.94. The van der Waals surface area contributed by atoms with Crippen molar-refractivity contribution >= 4 is 0 Å². The molecule has 1 rings (SSSR count). The first-order valence-electron chi connectivity index (χ1n) is 16.2. The number of hydrogen-bond acceptors (Lipinski definition) is 0. The van der Waals surface area contributed by atoms with E-state index in [0.717, 1.165) is 41.4 Å². The molecule has 0 aliphatic heterocycles. The summed E-state index contributed by atoms with van der Waals surface area (Å²) in [5.41, 5.74) is 0. The summed E-state index contributed by atoms with van der Waals surface area (Å²) in [7, 11) is 0. The van der Waals surface area contributed by atoms with Gasteiger partial charge in [0.25, 0.3) is 0 Å². The predicted octanol–water partition coefficient (Wildman–Crippen LogP) is 13.5. The Morgan fingerprint density at radius 2 is 0.806 bits per heavy atom. The molecule has 0 radical (unpaired) electrons. The minimum atomic E-state index is 0.706. The molecule has 0 nitrogen and oxygen atoms in total. The second kappa shape index (κ2) is 29.3. The highest BCUT2D eigenvalue weighted by atomic mass is 14.2. The summed E-state index contributed by atoms with van der Waals surface area (Å²) in [5.74, 6) is 7.76. The van der Waals surface area contributed by atoms with Crippen LogP contribution in [0, 0.1) is 53.3 Å². The Balaban J connectivity index is -0.000000181. The van der Waals surface area contributed by atoms with E-state index in [4.69, 9.17) is 0 Å². The Bertz CT molecular complexity index is 376. The van der Waals surface area contributed by atoms with Gasteiger partial charge in [-0.05, 0) is 53.3 Å². The average Bonchev–Trinajstić information content (AvgIpc) is 2.78. The highest BCUT2D eigenvalue weighted by molar-refractivity contribution is 4.86. The first-order valence-corrected chi connectivity index (χ1v) is 16.2. The fourth-order valence-electron chi connectivity index (χ4n) is 2.91. The maximum atomic E-state index is 2.36. The Hall–Kier alpha value is -0.260. The van der Waals surface area contributed by atoms with Gasteiger partial charge in [0.2, 0.25) is 0 Å². The fraction of sp³-hybridized carbons (Fsp3) is 0.944. The van der Waals surface area contributed by atoms with Crippen LogP contribution in [0.4, 0.5) is 0 Å². The normalized spacial score (nSPS) is 14.1. The molecule has 0 aromatic heterocycles. The lowest BCUT2D eigenvalue weighted by Crippen LogP contribution is -2.12. The molecule has 1 saturated carbocycles. The van der Waals surface area contributed by atoms with Gasteiger partial charge >= 0.3 is 0 Å². The summed E-state index contributed by atoms with van der Waals surface area (Å²) in [6.45, 7) is 38.2. The van der Waals surface area contributed by atoms with Crippen molar-refractivity contribution in [2.24, 2.45) is 53.3 Å². The van der Waals surface area contributed by atoms with Crippen molar-refractivity contribution in [1.29, 1.82) is 0 Å². The molecule has 0 unspecified atom stereocenters. The van der Waals surface area contributed by atoms with Crippen molar-refractivity contribution in [3.63, 3.8) is 0 Å². The van der Waals surface area contributed by atoms with Crippen LogP contribution in [0.15, 0.2) is 12.2 Å². The van der Waals surface area contributed by atoms with Crippen LogP contribution in [-0.4, -0.2) is 0 Å². The fourth-order valence-corrected chi connectivity index (χ4v) is 2.91. The summed E-state index contributed by atoms with van der Waals surface area (Å²) >= 11 is 0. The lowest BCUT2D eigenvalue weighted by atomic mass is 9.82. The standard InChI is InChI=1S/C9H18.C8H18.C8H16.C6H14.C5H12/c1-8(2)9-6-4-3-5-7-9;2*1-7(2)5-6-8(3)4;1-5(2)6(3)4;1-4-5(2)3/h8-9H,3-7H2,1-2H3;7-8H,5-6H2,1-4H3;5-8H,1-4H3;5-6H,1-4H3;5H,4H2,1-3H3/b;;6-5-;;. The van der Waals surface area contributed by atoms with E-state index < -0.39 is 0 Å². The molecule has 0 bridgehead atoms. The maximum absolute atomic E-state index is 2.36. The quantitative estimate of drug-likeness (QED) is 0.285. The molecule has 0 saturated heterocycles. The molecule has 1 fully saturated rings. The third kappa shape index (κ3) is 47.0. The van der Waals surface area contributed by atoms with Crippen molar-refractivity contribution in [2.45, 2.75) is 169 Å². The van der Waals surface area contributed by atoms with Crippen molar-refractivity contribution in [3.05, 3.63) is 12.2 Å². The maximum Gasteiger partial charge on any atom is -0.0290 e. The van der Waals surface area contributed by atoms with Gasteiger partial charge in [-0.15, -0.1) is 0 Å². The molecule has 1 aliphatic carbocycles. The molecule has 0 heterocycles. The van der Waals surface area contributed by atoms with E-state index in [1.807, 2.05) is 0 Å². The highest BCUT2D eigenvalue weighted by Gasteiger charge is 2.15. The van der Waals surface area contributed by atoms with Gasteiger partial charge in [0.1, 0.15) is 0 Å². The summed E-state index contributed by atoms with van der Waals surface area (Å²) in [6.07, 6.45) is 16.0. The lowest BCUT2D eigenvalue weighted by molar-refractivity contribution is 0.279. The van der Waals surface area contributed by atoms with E-state index in [9.17, 15) is 0 Å². The lowest BCUT2D eigenvalue weighted by Gasteiger charge is -2.24. The van der Waals surface area contributed by atoms with Crippen LogP contribution >= 0.6 is 0 Å². The van der Waals surface area contributed by atoms with E-state index in [1.165, 1.54) is 51.4 Å². The summed E-state index contributed by atoms with van der Waals surface area (Å²) < 4.78 is 0. The zero-order chi connectivity index (χ0) is 29.3. The predicted molar refractivity (Wildman–Crippen MR) is 174 cm³/mol. The largest absolute Gasteiger partial charge is 0.0857 e. The second-order valence-corrected chi connectivity index (χ2v) is 14.2. The van der Waals surface area contributed by atoms with E-state index in [-0.39, 0.29) is 0 Å². The van der Waals surface area contributed by atoms with Crippen LogP contribution in [0.2, 0.25) is 0 Å². The zero-order valence-corrected chi connectivity index (χ0v) is 29.0. The Morgan fingerprint density at radius 1 is 0.500 bits per heavy atom. The van der Waals surface area contributed by atoms with E-state index >= 15 is 0 Å². The molecule has 36 heavy (non-hydrogen) atoms. The number of hydrogen-bond donors (Lipinski definition) is 0. The van der Waals surface area contributed by atoms with Crippen LogP contribution in [0.3, 0.4) is 0 Å². The molecular formula is C36H78. The van der Waals surface area contributed by atoms with Gasteiger partial charge in [0.05, 0.1) is 0 Å². The van der Waals surface area contributed by atoms with Crippen LogP contribution in [-0.2, 0) is 0 Å². The second-order valence-electron chi connectivity index (χ2n) is 14.2. The topological polar surface area (TPSA) is 0 Å². The number of rotatable bonds is 8. The molecule has 0 aromatic rings. The molecule has 0 amide bonds. The van der Waals surface area contributed by atoms with Gasteiger partial charge in [0.15, 0.2) is 0 Å². The minimum absolute atomic E-state index is 0.706. The molecule has 0 atom stereocenters. The van der Waals surface area contributed by atoms with Crippen molar-refractivity contribution < 1.29 is 0 Å². The van der Waals surface area contributed by atoms with Gasteiger partial charge in [-0.3, -0.25) is 0 Å². The first-order chi connectivity index (χ1) is 16.5. The molecule has 0 N–H and O–H groups in total. The van der Waals surface area contributed by atoms with Gasteiger partial charge < -0.3 is 0 Å². The minimum Gasteiger partial charge on any atom is -0.0857 e. The van der Waals surface area contributed by atoms with Crippen LogP contribution in [0.5, 0.6) is 0 Å². The molecule has 222 valence electrons. The molecule has 0 heteroatoms. The van der Waals surface area contributed by atoms with Crippen molar-refractivity contribution in [1.82, 2.24) is 0 Å². The summed E-state index contributed by atoms with van der Waals surface area (Å²) in [5, 5.41) is 0. The SMILES string of the molecule is CC(C)/C=C\C(C)C.CC(C)C(C)C.CC(C)C1CCCCC1.CC(C)CCC(C)C.CCC(C)C. The van der Waals surface area contributed by atoms with Gasteiger partial charge in [-0.2, -0.15) is 0 Å². The van der Waals surface area contributed by atoms with Crippen LogP contribution < -0.4 is 0 Å². The van der Waals surface area contributed by atoms with Gasteiger partial charge in [-0.1, -0.05) is 181 Å². The van der Waals surface area contributed by atoms with Gasteiger partial charge in [-0.25, -0.2) is 0 Å². The molecule has 0 spiro atoms. The Labute approximate surface area is 234 Å². The van der Waals surface area contributed by atoms with E-state index in [2.05, 4.69) is 130 Å². The average molecular weight is 511 g/mol. The third-order valence-electron chi connectivity index (χ3n) is 6.94. The summed E-state index contributed by atoms with van der Waals surface area (Å²) in [6, 6.07) is 0. The highest BCUT2D eigenvalue weighted by Crippen LogP contribution is 2.29. The van der Waals surface area contributed by atoms with Crippen molar-refractivity contribution in [2.75, 3.05) is 0 Å². The number of allylic oxidation sites excluding steroid dienone is 2. The monoisotopic (exact) mass is 511 g/mol. The molecular weight excluding hydrogens is 432 g/mol. The molecule has 0 aromatic carbocycles.